The molecule has 1 unspecified atom stereocenters. The van der Waals surface area contributed by atoms with Gasteiger partial charge in [0.25, 0.3) is 0 Å². The average molecular weight is 408 g/mol. The molecule has 3 rings (SSSR count). The molecule has 0 aliphatic carbocycles. The van der Waals surface area contributed by atoms with E-state index in [1.165, 1.54) is 17.0 Å². The molecule has 0 spiro atoms. The third-order valence-corrected chi connectivity index (χ3v) is 4.25. The topological polar surface area (TPSA) is 114 Å². The van der Waals surface area contributed by atoms with E-state index >= 15 is 0 Å². The molecule has 1 aliphatic heterocycles. The molecule has 0 aromatic carbocycles. The van der Waals surface area contributed by atoms with Gasteiger partial charge in [-0.05, 0) is 6.07 Å². The molecule has 0 bridgehead atoms. The number of nitrogens with zero attached hydrogens (tertiary/aromatic N) is 6. The number of aromatic nitrogens is 4. The zero-order valence-electron chi connectivity index (χ0n) is 15.3. The summed E-state index contributed by atoms with van der Waals surface area (Å²) in [4.78, 5) is 29.2. The first-order valence-corrected chi connectivity index (χ1v) is 8.66. The van der Waals surface area contributed by atoms with Crippen LogP contribution in [0.2, 0.25) is 0 Å². The summed E-state index contributed by atoms with van der Waals surface area (Å²) in [7, 11) is 0. The van der Waals surface area contributed by atoms with Crippen molar-refractivity contribution in [1.29, 1.82) is 0 Å². The van der Waals surface area contributed by atoms with E-state index in [9.17, 15) is 18.0 Å². The van der Waals surface area contributed by atoms with Crippen molar-refractivity contribution >= 4 is 11.7 Å². The van der Waals surface area contributed by atoms with Gasteiger partial charge in [-0.1, -0.05) is 6.58 Å². The first-order valence-electron chi connectivity index (χ1n) is 8.66. The van der Waals surface area contributed by atoms with Crippen LogP contribution in [0, 0.1) is 0 Å². The van der Waals surface area contributed by atoms with E-state index in [1.807, 2.05) is 4.90 Å². The molecule has 29 heavy (non-hydrogen) atoms. The van der Waals surface area contributed by atoms with Gasteiger partial charge in [-0.3, -0.25) is 4.79 Å². The second-order valence-corrected chi connectivity index (χ2v) is 6.25. The Kier molecular flexibility index (Phi) is 5.92. The lowest BCUT2D eigenvalue weighted by molar-refractivity contribution is -0.141. The fourth-order valence-corrected chi connectivity index (χ4v) is 2.86. The molecule has 1 saturated heterocycles. The number of halogens is 3. The second-order valence-electron chi connectivity index (χ2n) is 6.25. The highest BCUT2D eigenvalue weighted by atomic mass is 19.4. The van der Waals surface area contributed by atoms with Crippen LogP contribution in [0.5, 0.6) is 0 Å². The van der Waals surface area contributed by atoms with Gasteiger partial charge in [0.05, 0.1) is 12.7 Å². The Morgan fingerprint density at radius 3 is 2.93 bits per heavy atom. The molecule has 1 atom stereocenters. The van der Waals surface area contributed by atoms with Gasteiger partial charge in [0.1, 0.15) is 17.7 Å². The first-order chi connectivity index (χ1) is 13.8. The molecule has 3 heterocycles. The van der Waals surface area contributed by atoms with Crippen LogP contribution in [0.25, 0.3) is 0 Å². The molecule has 12 heteroatoms. The number of anilines is 1. The zero-order chi connectivity index (χ0) is 21.0. The van der Waals surface area contributed by atoms with Crippen LogP contribution in [-0.2, 0) is 17.5 Å². The summed E-state index contributed by atoms with van der Waals surface area (Å²) in [6.45, 7) is 4.88. The van der Waals surface area contributed by atoms with E-state index < -0.39 is 23.8 Å². The summed E-state index contributed by atoms with van der Waals surface area (Å²) in [5.41, 5.74) is 4.48. The van der Waals surface area contributed by atoms with Gasteiger partial charge in [0.15, 0.2) is 11.2 Å². The van der Waals surface area contributed by atoms with Gasteiger partial charge in [0, 0.05) is 38.2 Å². The largest absolute Gasteiger partial charge is 0.434 e. The monoisotopic (exact) mass is 408 g/mol. The number of primary amides is 1. The lowest BCUT2D eigenvalue weighted by atomic mass is 10.2. The Labute approximate surface area is 163 Å². The van der Waals surface area contributed by atoms with Crippen molar-refractivity contribution in [2.24, 2.45) is 10.7 Å². The summed E-state index contributed by atoms with van der Waals surface area (Å²) in [6.07, 6.45) is -0.00533. The lowest BCUT2D eigenvalue weighted by Crippen LogP contribution is -2.56. The fraction of sp³-hybridized carbons (Fsp3) is 0.353. The summed E-state index contributed by atoms with van der Waals surface area (Å²) in [5, 5.41) is 3.02. The average Bonchev–Trinajstić information content (AvgIpc) is 2.69. The minimum atomic E-state index is -4.60. The molecule has 9 nitrogen and oxygen atoms in total. The molecule has 0 radical (unpaired) electrons. The van der Waals surface area contributed by atoms with Crippen molar-refractivity contribution in [3.05, 3.63) is 54.4 Å². The highest BCUT2D eigenvalue weighted by Gasteiger charge is 2.33. The van der Waals surface area contributed by atoms with Crippen LogP contribution in [-0.4, -0.2) is 51.1 Å². The van der Waals surface area contributed by atoms with Crippen molar-refractivity contribution in [2.75, 3.05) is 24.5 Å². The normalized spacial score (nSPS) is 18.0. The van der Waals surface area contributed by atoms with Gasteiger partial charge in [-0.2, -0.15) is 13.2 Å². The number of alkyl halides is 3. The second kappa shape index (κ2) is 8.39. The summed E-state index contributed by atoms with van der Waals surface area (Å²) >= 11 is 0. The number of amides is 1. The highest BCUT2D eigenvalue weighted by molar-refractivity contribution is 5.80. The Bertz CT molecular complexity index is 972. The van der Waals surface area contributed by atoms with Gasteiger partial charge in [-0.15, -0.1) is 0 Å². The van der Waals surface area contributed by atoms with E-state index in [2.05, 4.69) is 31.8 Å². The molecular formula is C17H19F3N8O. The molecular weight excluding hydrogens is 389 g/mol. The standard InChI is InChI=1S/C17H19F3N8O/c1-2-22-15-7-25-12(17(18,19)20)9-28(15)10-13-24-4-3-14(26-13)27-6-5-23-11(8-27)16(21)29/h2-4,7,9,11,23H,1,5-6,8,10H2,(H2,21,29). The highest BCUT2D eigenvalue weighted by Crippen LogP contribution is 2.26. The van der Waals surface area contributed by atoms with Gasteiger partial charge >= 0.3 is 6.18 Å². The number of rotatable bonds is 5. The fourth-order valence-electron chi connectivity index (χ4n) is 2.86. The van der Waals surface area contributed by atoms with Crippen molar-refractivity contribution < 1.29 is 18.0 Å². The van der Waals surface area contributed by atoms with Gasteiger partial charge in [0.2, 0.25) is 5.91 Å². The van der Waals surface area contributed by atoms with Gasteiger partial charge < -0.3 is 20.5 Å². The van der Waals surface area contributed by atoms with Crippen LogP contribution < -0.4 is 21.4 Å². The number of nitrogens with one attached hydrogen (secondary N) is 1. The van der Waals surface area contributed by atoms with Gasteiger partial charge in [-0.25, -0.2) is 19.9 Å². The number of carbonyl (C=O) groups excluding carboxylic acids is 1. The Hall–Kier alpha value is -3.28. The van der Waals surface area contributed by atoms with E-state index in [0.717, 1.165) is 12.4 Å². The summed E-state index contributed by atoms with van der Waals surface area (Å²) in [5.74, 6) is 0.365. The van der Waals surface area contributed by atoms with E-state index in [-0.39, 0.29) is 17.9 Å². The maximum Gasteiger partial charge on any atom is 0.434 e. The third-order valence-electron chi connectivity index (χ3n) is 4.25. The SMILES string of the molecule is C=CN=c1cnc(C(F)(F)F)cn1Cc1nccc(N2CCNC(C(N)=O)C2)n1. The number of piperazine rings is 1. The van der Waals surface area contributed by atoms with Crippen LogP contribution in [0.3, 0.4) is 0 Å². The smallest absolute Gasteiger partial charge is 0.368 e. The molecule has 2 aromatic heterocycles. The van der Waals surface area contributed by atoms with Crippen molar-refractivity contribution in [3.63, 3.8) is 0 Å². The number of carbonyl (C=O) groups is 1. The minimum Gasteiger partial charge on any atom is -0.368 e. The molecule has 2 aromatic rings. The molecule has 1 aliphatic rings. The van der Waals surface area contributed by atoms with Crippen molar-refractivity contribution in [1.82, 2.24) is 24.8 Å². The quantitative estimate of drug-likeness (QED) is 0.723. The summed E-state index contributed by atoms with van der Waals surface area (Å²) in [6, 6.07) is 1.16. The minimum absolute atomic E-state index is 0.0581. The van der Waals surface area contributed by atoms with Crippen LogP contribution in [0.15, 0.2) is 42.4 Å². The predicted molar refractivity (Wildman–Crippen MR) is 97.3 cm³/mol. The molecule has 0 saturated carbocycles. The number of nitrogens with two attached hydrogens (primary N) is 1. The van der Waals surface area contributed by atoms with Crippen LogP contribution >= 0.6 is 0 Å². The Morgan fingerprint density at radius 1 is 1.45 bits per heavy atom. The maximum absolute atomic E-state index is 13.0. The molecule has 1 fully saturated rings. The lowest BCUT2D eigenvalue weighted by Gasteiger charge is -2.33. The van der Waals surface area contributed by atoms with E-state index in [4.69, 9.17) is 5.73 Å². The number of hydrogen-bond donors (Lipinski definition) is 2. The summed E-state index contributed by atoms with van der Waals surface area (Å²) < 4.78 is 40.3. The molecule has 1 amide bonds. The van der Waals surface area contributed by atoms with E-state index in [1.54, 1.807) is 6.07 Å². The maximum atomic E-state index is 13.0. The number of hydrogen-bond acceptors (Lipinski definition) is 7. The zero-order valence-corrected chi connectivity index (χ0v) is 15.3. The van der Waals surface area contributed by atoms with Crippen LogP contribution in [0.4, 0.5) is 19.0 Å². The molecule has 3 N–H and O–H groups in total. The predicted octanol–water partition coefficient (Wildman–Crippen LogP) is 0.0479. The van der Waals surface area contributed by atoms with E-state index in [0.29, 0.717) is 25.5 Å². The van der Waals surface area contributed by atoms with Crippen LogP contribution in [0.1, 0.15) is 11.5 Å². The van der Waals surface area contributed by atoms with Crippen molar-refractivity contribution in [2.45, 2.75) is 18.8 Å². The Morgan fingerprint density at radius 2 is 2.24 bits per heavy atom. The Balaban J connectivity index is 1.89. The van der Waals surface area contributed by atoms with Crippen molar-refractivity contribution in [3.8, 4) is 0 Å². The molecule has 154 valence electrons. The third kappa shape index (κ3) is 4.96. The first kappa shape index (κ1) is 20.5.